The number of halogens is 2. The van der Waals surface area contributed by atoms with E-state index in [1.165, 1.54) is 22.7 Å². The van der Waals surface area contributed by atoms with Gasteiger partial charge in [0.1, 0.15) is 9.17 Å². The maximum atomic E-state index is 5.83. The molecule has 10 heavy (non-hydrogen) atoms. The molecule has 0 bridgehead atoms. The van der Waals surface area contributed by atoms with E-state index in [1.807, 2.05) is 0 Å². The van der Waals surface area contributed by atoms with Gasteiger partial charge in [-0.2, -0.15) is 0 Å². The Labute approximate surface area is 75.2 Å². The normalized spacial score (nSPS) is 11.0. The van der Waals surface area contributed by atoms with E-state index in [1.54, 1.807) is 5.51 Å². The Morgan fingerprint density at radius 3 is 2.90 bits per heavy atom. The Bertz CT molecular complexity index is 364. The highest BCUT2D eigenvalue weighted by atomic mass is 35.5. The number of hydrogen-bond donors (Lipinski definition) is 0. The van der Waals surface area contributed by atoms with Crippen LogP contribution >= 0.6 is 45.9 Å². The molecule has 0 radical (unpaired) electrons. The summed E-state index contributed by atoms with van der Waals surface area (Å²) in [6.07, 6.45) is 0. The number of hydrogen-bond acceptors (Lipinski definition) is 3. The molecule has 0 saturated carbocycles. The first-order valence-corrected chi connectivity index (χ1v) is 4.91. The fraction of sp³-hybridized carbons (Fsp3) is 0. The van der Waals surface area contributed by atoms with Crippen molar-refractivity contribution < 1.29 is 0 Å². The first-order valence-electron chi connectivity index (χ1n) is 2.46. The minimum Gasteiger partial charge on any atom is -0.234 e. The zero-order chi connectivity index (χ0) is 7.14. The summed E-state index contributed by atoms with van der Waals surface area (Å²) in [4.78, 5) is 5.00. The number of aromatic nitrogens is 1. The van der Waals surface area contributed by atoms with Gasteiger partial charge in [-0.3, -0.25) is 0 Å². The summed E-state index contributed by atoms with van der Waals surface area (Å²) in [5, 5.41) is 0.643. The molecule has 0 aliphatic carbocycles. The Morgan fingerprint density at radius 2 is 2.20 bits per heavy atom. The fourth-order valence-corrected chi connectivity index (χ4v) is 3.12. The summed E-state index contributed by atoms with van der Waals surface area (Å²) in [7, 11) is 0. The molecule has 0 aliphatic rings. The van der Waals surface area contributed by atoms with Crippen molar-refractivity contribution in [1.29, 1.82) is 0 Å². The molecule has 5 heteroatoms. The van der Waals surface area contributed by atoms with Gasteiger partial charge < -0.3 is 0 Å². The van der Waals surface area contributed by atoms with Crippen molar-refractivity contribution in [2.75, 3.05) is 0 Å². The van der Waals surface area contributed by atoms with Crippen LogP contribution in [0.3, 0.4) is 0 Å². The van der Waals surface area contributed by atoms with Crippen molar-refractivity contribution in [3.05, 3.63) is 14.9 Å². The van der Waals surface area contributed by atoms with Crippen molar-refractivity contribution >= 4 is 55.4 Å². The van der Waals surface area contributed by atoms with E-state index >= 15 is 0 Å². The average Bonchev–Trinajstić information content (AvgIpc) is 2.41. The molecule has 0 unspecified atom stereocenters. The van der Waals surface area contributed by atoms with E-state index in [4.69, 9.17) is 23.2 Å². The van der Waals surface area contributed by atoms with Crippen molar-refractivity contribution in [3.63, 3.8) is 0 Å². The first-order chi connectivity index (χ1) is 4.79. The molecule has 2 aromatic rings. The van der Waals surface area contributed by atoms with Crippen molar-refractivity contribution in [1.82, 2.24) is 4.98 Å². The van der Waals surface area contributed by atoms with Crippen LogP contribution in [0.15, 0.2) is 5.51 Å². The monoisotopic (exact) mass is 209 g/mol. The van der Waals surface area contributed by atoms with E-state index in [0.29, 0.717) is 9.36 Å². The Hall–Kier alpha value is 0.170. The van der Waals surface area contributed by atoms with E-state index < -0.39 is 0 Å². The lowest BCUT2D eigenvalue weighted by Crippen LogP contribution is -1.48. The predicted octanol–water partition coefficient (Wildman–Crippen LogP) is 3.66. The maximum Gasteiger partial charge on any atom is 0.137 e. The minimum atomic E-state index is 0.635. The summed E-state index contributed by atoms with van der Waals surface area (Å²) < 4.78 is 1.63. The Balaban J connectivity index is 2.95. The van der Waals surface area contributed by atoms with E-state index in [9.17, 15) is 0 Å². The van der Waals surface area contributed by atoms with Crippen LogP contribution in [-0.4, -0.2) is 4.98 Å². The largest absolute Gasteiger partial charge is 0.234 e. The molecule has 0 aliphatic heterocycles. The highest BCUT2D eigenvalue weighted by Gasteiger charge is 2.09. The van der Waals surface area contributed by atoms with E-state index in [-0.39, 0.29) is 0 Å². The number of thiophene rings is 1. The summed E-state index contributed by atoms with van der Waals surface area (Å²) in [5.74, 6) is 0. The van der Waals surface area contributed by atoms with Crippen LogP contribution in [0.4, 0.5) is 0 Å². The van der Waals surface area contributed by atoms with Gasteiger partial charge in [0, 0.05) is 0 Å². The van der Waals surface area contributed by atoms with Gasteiger partial charge in [0.2, 0.25) is 0 Å². The van der Waals surface area contributed by atoms with Gasteiger partial charge in [0.15, 0.2) is 0 Å². The summed E-state index contributed by atoms with van der Waals surface area (Å²) >= 11 is 14.5. The zero-order valence-corrected chi connectivity index (χ0v) is 7.74. The number of rotatable bonds is 0. The standard InChI is InChI=1S/C5HCl2NS2/c6-2-3-5(8-1-9-3)10-4(2)7/h1H. The molecule has 2 heterocycles. The van der Waals surface area contributed by atoms with Crippen molar-refractivity contribution in [3.8, 4) is 0 Å². The van der Waals surface area contributed by atoms with Gasteiger partial charge in [-0.1, -0.05) is 23.2 Å². The molecular weight excluding hydrogens is 209 g/mol. The molecule has 0 spiro atoms. The highest BCUT2D eigenvalue weighted by molar-refractivity contribution is 7.29. The smallest absolute Gasteiger partial charge is 0.137 e. The molecule has 1 nitrogen and oxygen atoms in total. The molecule has 2 aromatic heterocycles. The third-order valence-corrected chi connectivity index (χ3v) is 4.07. The summed E-state index contributed by atoms with van der Waals surface area (Å²) in [5.41, 5.74) is 1.77. The van der Waals surface area contributed by atoms with Crippen LogP contribution in [0.1, 0.15) is 0 Å². The third-order valence-electron chi connectivity index (χ3n) is 1.09. The van der Waals surface area contributed by atoms with Crippen LogP contribution in [0.5, 0.6) is 0 Å². The number of fused-ring (bicyclic) bond motifs is 1. The first kappa shape index (κ1) is 6.85. The van der Waals surface area contributed by atoms with Crippen LogP contribution in [0.2, 0.25) is 9.36 Å². The lowest BCUT2D eigenvalue weighted by molar-refractivity contribution is 1.54. The lowest BCUT2D eigenvalue weighted by Gasteiger charge is -1.77. The second-order valence-corrected chi connectivity index (χ2v) is 4.51. The molecular formula is C5HCl2NS2. The highest BCUT2D eigenvalue weighted by Crippen LogP contribution is 2.40. The maximum absolute atomic E-state index is 5.83. The number of thiazole rings is 1. The molecule has 0 amide bonds. The second kappa shape index (κ2) is 2.34. The molecule has 0 saturated heterocycles. The summed E-state index contributed by atoms with van der Waals surface area (Å²) in [6.45, 7) is 0. The van der Waals surface area contributed by atoms with Gasteiger partial charge in [0.05, 0.1) is 15.2 Å². The molecule has 0 N–H and O–H groups in total. The SMILES string of the molecule is Clc1sc2ncsc2c1Cl. The fourth-order valence-electron chi connectivity index (χ4n) is 0.673. The number of nitrogens with zero attached hydrogens (tertiary/aromatic N) is 1. The molecule has 0 fully saturated rings. The van der Waals surface area contributed by atoms with Gasteiger partial charge in [-0.25, -0.2) is 4.98 Å². The quantitative estimate of drug-likeness (QED) is 0.646. The van der Waals surface area contributed by atoms with Crippen LogP contribution in [-0.2, 0) is 0 Å². The van der Waals surface area contributed by atoms with Gasteiger partial charge in [-0.05, 0) is 0 Å². The molecule has 0 atom stereocenters. The zero-order valence-electron chi connectivity index (χ0n) is 4.60. The van der Waals surface area contributed by atoms with Gasteiger partial charge in [-0.15, -0.1) is 22.7 Å². The summed E-state index contributed by atoms with van der Waals surface area (Å²) in [6, 6.07) is 0. The van der Waals surface area contributed by atoms with Crippen molar-refractivity contribution in [2.24, 2.45) is 0 Å². The van der Waals surface area contributed by atoms with Gasteiger partial charge in [0.25, 0.3) is 0 Å². The van der Waals surface area contributed by atoms with Crippen LogP contribution < -0.4 is 0 Å². The van der Waals surface area contributed by atoms with Crippen LogP contribution in [0.25, 0.3) is 9.53 Å². The lowest BCUT2D eigenvalue weighted by atomic mass is 10.6. The molecule has 52 valence electrons. The van der Waals surface area contributed by atoms with Gasteiger partial charge >= 0.3 is 0 Å². The Kier molecular flexibility index (Phi) is 1.60. The molecule has 2 rings (SSSR count). The van der Waals surface area contributed by atoms with Crippen molar-refractivity contribution in [2.45, 2.75) is 0 Å². The topological polar surface area (TPSA) is 12.9 Å². The van der Waals surface area contributed by atoms with E-state index in [2.05, 4.69) is 4.98 Å². The molecule has 0 aromatic carbocycles. The third kappa shape index (κ3) is 0.855. The van der Waals surface area contributed by atoms with Crippen LogP contribution in [0, 0.1) is 0 Å². The Morgan fingerprint density at radius 1 is 1.40 bits per heavy atom. The predicted molar refractivity (Wildman–Crippen MR) is 47.5 cm³/mol. The second-order valence-electron chi connectivity index (χ2n) is 1.68. The average molecular weight is 210 g/mol. The minimum absolute atomic E-state index is 0.635. The van der Waals surface area contributed by atoms with E-state index in [0.717, 1.165) is 9.53 Å².